The molecule has 2 aromatic rings. The van der Waals surface area contributed by atoms with Crippen LogP contribution in [0.5, 0.6) is 0 Å². The fourth-order valence-corrected chi connectivity index (χ4v) is 7.90. The molecule has 2 aromatic heterocycles. The normalized spacial score (nSPS) is 32.0. The Labute approximate surface area is 211 Å². The van der Waals surface area contributed by atoms with Crippen molar-refractivity contribution < 1.29 is 14.7 Å². The van der Waals surface area contributed by atoms with Gasteiger partial charge in [0.25, 0.3) is 0 Å². The van der Waals surface area contributed by atoms with Gasteiger partial charge in [0.05, 0.1) is 5.75 Å². The molecule has 0 aromatic carbocycles. The number of nitrogens with one attached hydrogen (secondary N) is 1. The van der Waals surface area contributed by atoms with E-state index in [-0.39, 0.29) is 22.7 Å². The van der Waals surface area contributed by atoms with E-state index in [2.05, 4.69) is 34.9 Å². The molecule has 3 aliphatic rings. The van der Waals surface area contributed by atoms with Gasteiger partial charge in [0.1, 0.15) is 11.1 Å². The van der Waals surface area contributed by atoms with E-state index in [9.17, 15) is 14.7 Å². The molecule has 5 rings (SSSR count). The van der Waals surface area contributed by atoms with E-state index in [1.165, 1.54) is 17.3 Å². The lowest BCUT2D eigenvalue weighted by molar-refractivity contribution is -0.162. The molecule has 0 bridgehead atoms. The second kappa shape index (κ2) is 9.00. The zero-order valence-electron chi connectivity index (χ0n) is 20.8. The fraction of sp³-hybridized carbons (Fsp3) is 0.571. The Morgan fingerprint density at radius 3 is 2.94 bits per heavy atom. The van der Waals surface area contributed by atoms with Crippen molar-refractivity contribution in [1.82, 2.24) is 15.0 Å². The molecule has 0 amide bonds. The zero-order chi connectivity index (χ0) is 24.8. The predicted octanol–water partition coefficient (Wildman–Crippen LogP) is 5.44. The number of H-pyrrole nitrogens is 1. The maximum absolute atomic E-state index is 13.6. The van der Waals surface area contributed by atoms with Gasteiger partial charge in [0.15, 0.2) is 22.4 Å². The maximum atomic E-state index is 13.6. The average Bonchev–Trinajstić information content (AvgIpc) is 3.26. The number of hydrogen-bond donors (Lipinski definition) is 2. The number of Topliss-reactive ketones (excluding diaryl/α,β-unsaturated/α-hetero) is 1. The number of allylic oxidation sites excluding steroid dienone is 4. The molecule has 2 fully saturated rings. The highest BCUT2D eigenvalue weighted by molar-refractivity contribution is 7.99. The minimum Gasteiger partial charge on any atom is -0.381 e. The van der Waals surface area contributed by atoms with Crippen LogP contribution in [-0.2, 0) is 9.59 Å². The lowest BCUT2D eigenvalue weighted by Gasteiger charge is -2.57. The summed E-state index contributed by atoms with van der Waals surface area (Å²) in [6.07, 6.45) is 13.1. The number of thioether (sulfide) groups is 1. The van der Waals surface area contributed by atoms with Crippen LogP contribution in [0.1, 0.15) is 65.7 Å². The van der Waals surface area contributed by atoms with Crippen LogP contribution in [0.2, 0.25) is 0 Å². The summed E-state index contributed by atoms with van der Waals surface area (Å²) >= 11 is 1.34. The molecule has 5 atom stereocenters. The summed E-state index contributed by atoms with van der Waals surface area (Å²) in [5.74, 6) is 1.04. The van der Waals surface area contributed by atoms with E-state index < -0.39 is 11.0 Å². The number of rotatable bonds is 7. The number of fused-ring (bicyclic) bond motifs is 4. The van der Waals surface area contributed by atoms with Gasteiger partial charge in [-0.3, -0.25) is 9.59 Å². The minimum absolute atomic E-state index is 0.0871. The third-order valence-electron chi connectivity index (χ3n) is 9.09. The number of aromatic amines is 1. The second-order valence-electron chi connectivity index (χ2n) is 11.1. The third kappa shape index (κ3) is 4.10. The van der Waals surface area contributed by atoms with E-state index in [1.54, 1.807) is 12.3 Å². The number of carbonyl (C=O) groups is 2. The number of imidazole rings is 1. The summed E-state index contributed by atoms with van der Waals surface area (Å²) in [5, 5.41) is 12.7. The predicted molar refractivity (Wildman–Crippen MR) is 138 cm³/mol. The molecule has 0 aliphatic heterocycles. The number of pyridine rings is 1. The van der Waals surface area contributed by atoms with Crippen molar-refractivity contribution in [2.45, 2.75) is 76.5 Å². The quantitative estimate of drug-likeness (QED) is 0.499. The van der Waals surface area contributed by atoms with Crippen LogP contribution >= 0.6 is 11.8 Å². The number of aromatic nitrogens is 3. The first-order valence-corrected chi connectivity index (χ1v) is 13.8. The summed E-state index contributed by atoms with van der Waals surface area (Å²) in [6.45, 7) is 6.43. The number of hydrogen-bond acceptors (Lipinski definition) is 6. The van der Waals surface area contributed by atoms with Gasteiger partial charge in [-0.15, -0.1) is 0 Å². The Balaban J connectivity index is 1.34. The lowest BCUT2D eigenvalue weighted by Crippen LogP contribution is -2.57. The van der Waals surface area contributed by atoms with Crippen molar-refractivity contribution in [1.29, 1.82) is 0 Å². The Morgan fingerprint density at radius 2 is 2.17 bits per heavy atom. The van der Waals surface area contributed by atoms with Crippen LogP contribution in [0, 0.1) is 22.7 Å². The first kappa shape index (κ1) is 24.4. The highest BCUT2D eigenvalue weighted by Crippen LogP contribution is 2.60. The first-order chi connectivity index (χ1) is 16.7. The van der Waals surface area contributed by atoms with E-state index >= 15 is 0 Å². The molecule has 2 saturated carbocycles. The monoisotopic (exact) mass is 493 g/mol. The topological polar surface area (TPSA) is 95.9 Å². The minimum atomic E-state index is -1.36. The highest BCUT2D eigenvalue weighted by Gasteiger charge is 2.57. The number of ketones is 2. The Kier molecular flexibility index (Phi) is 6.29. The molecule has 0 radical (unpaired) electrons. The molecule has 0 spiro atoms. The summed E-state index contributed by atoms with van der Waals surface area (Å²) in [5.41, 5.74) is 0.813. The molecule has 2 N–H and O–H groups in total. The summed E-state index contributed by atoms with van der Waals surface area (Å²) in [4.78, 5) is 37.6. The number of nitrogens with zero attached hydrogens (tertiary/aromatic N) is 2. The standard InChI is InChI=1S/C28H35N3O3S/c1-4-11-28(34,23(33)17-35-25-30-22-6-5-14-29-24(22)31-25)26(2)12-10-21-18(16-26)7-8-19-15-20(32)9-13-27(19,21)3/h5-6,9,13-15,18,21,34H,4,7-8,10-12,16-17H2,1-3H3,(H,29,30,31)/t18?,21?,26?,27?,28-/m0/s1. The lowest BCUT2D eigenvalue weighted by atomic mass is 9.48. The van der Waals surface area contributed by atoms with Crippen LogP contribution in [0.4, 0.5) is 0 Å². The largest absolute Gasteiger partial charge is 0.381 e. The van der Waals surface area contributed by atoms with E-state index in [0.29, 0.717) is 29.1 Å². The van der Waals surface area contributed by atoms with E-state index in [0.717, 1.165) is 44.0 Å². The van der Waals surface area contributed by atoms with Gasteiger partial charge in [0, 0.05) is 17.0 Å². The molecule has 4 unspecified atom stereocenters. The summed E-state index contributed by atoms with van der Waals surface area (Å²) in [7, 11) is 0. The maximum Gasteiger partial charge on any atom is 0.178 e. The molecular formula is C28H35N3O3S. The van der Waals surface area contributed by atoms with Gasteiger partial charge < -0.3 is 10.1 Å². The van der Waals surface area contributed by atoms with Crippen molar-refractivity contribution in [2.24, 2.45) is 22.7 Å². The Bertz CT molecular complexity index is 1190. The van der Waals surface area contributed by atoms with Crippen LogP contribution in [0.15, 0.2) is 47.3 Å². The van der Waals surface area contributed by atoms with Crippen LogP contribution in [0.25, 0.3) is 11.2 Å². The van der Waals surface area contributed by atoms with Crippen LogP contribution in [0.3, 0.4) is 0 Å². The molecule has 2 heterocycles. The molecular weight excluding hydrogens is 458 g/mol. The molecule has 3 aliphatic carbocycles. The summed E-state index contributed by atoms with van der Waals surface area (Å²) in [6, 6.07) is 3.73. The van der Waals surface area contributed by atoms with E-state index in [1.807, 2.05) is 25.1 Å². The van der Waals surface area contributed by atoms with Crippen molar-refractivity contribution in [3.8, 4) is 0 Å². The van der Waals surface area contributed by atoms with Gasteiger partial charge in [0.2, 0.25) is 0 Å². The van der Waals surface area contributed by atoms with E-state index in [4.69, 9.17) is 0 Å². The van der Waals surface area contributed by atoms with Crippen LogP contribution in [-0.4, -0.2) is 43.0 Å². The Morgan fingerprint density at radius 1 is 1.34 bits per heavy atom. The summed E-state index contributed by atoms with van der Waals surface area (Å²) < 4.78 is 0. The van der Waals surface area contributed by atoms with Gasteiger partial charge in [-0.1, -0.05) is 50.6 Å². The Hall–Kier alpha value is -2.25. The molecule has 35 heavy (non-hydrogen) atoms. The average molecular weight is 494 g/mol. The van der Waals surface area contributed by atoms with Crippen molar-refractivity contribution in [3.63, 3.8) is 0 Å². The van der Waals surface area contributed by atoms with Crippen LogP contribution < -0.4 is 0 Å². The van der Waals surface area contributed by atoms with Crippen molar-refractivity contribution in [2.75, 3.05) is 5.75 Å². The SMILES string of the molecule is CCC[C@](O)(C(=O)CSc1nc2cccnc2[nH]1)C1(C)CCC2C(CCC3=CC(=O)C=CC32C)C1. The van der Waals surface area contributed by atoms with Gasteiger partial charge in [-0.2, -0.15) is 0 Å². The molecule has 0 saturated heterocycles. The molecule has 186 valence electrons. The highest BCUT2D eigenvalue weighted by atomic mass is 32.2. The first-order valence-electron chi connectivity index (χ1n) is 12.8. The number of carbonyl (C=O) groups excluding carboxylic acids is 2. The van der Waals surface area contributed by atoms with Gasteiger partial charge >= 0.3 is 0 Å². The second-order valence-corrected chi connectivity index (χ2v) is 12.1. The van der Waals surface area contributed by atoms with Crippen molar-refractivity contribution >= 4 is 34.5 Å². The smallest absolute Gasteiger partial charge is 0.178 e. The molecule has 7 heteroatoms. The third-order valence-corrected chi connectivity index (χ3v) is 9.96. The van der Waals surface area contributed by atoms with Gasteiger partial charge in [-0.05, 0) is 74.6 Å². The fourth-order valence-electron chi connectivity index (χ4n) is 7.07. The van der Waals surface area contributed by atoms with Gasteiger partial charge in [-0.25, -0.2) is 9.97 Å². The number of aliphatic hydroxyl groups is 1. The molecule has 6 nitrogen and oxygen atoms in total. The zero-order valence-corrected chi connectivity index (χ0v) is 21.7. The van der Waals surface area contributed by atoms with Crippen molar-refractivity contribution in [3.05, 3.63) is 42.1 Å².